The van der Waals surface area contributed by atoms with Gasteiger partial charge in [-0.05, 0) is 33.7 Å². The molecule has 10 rings (SSSR count). The Morgan fingerprint density at radius 3 is 1.17 bits per heavy atom. The molecule has 0 aliphatic carbocycles. The molecule has 0 unspecified atom stereocenters. The van der Waals surface area contributed by atoms with Gasteiger partial charge in [-0.2, -0.15) is 0 Å². The molecule has 2 heterocycles. The minimum absolute atomic E-state index is 0. The minimum Gasteiger partial charge on any atom is -1.00 e. The van der Waals surface area contributed by atoms with E-state index in [4.69, 9.17) is 8.83 Å². The predicted molar refractivity (Wildman–Crippen MR) is 218 cm³/mol. The van der Waals surface area contributed by atoms with Gasteiger partial charge in [0, 0.05) is 0 Å². The van der Waals surface area contributed by atoms with Crippen LogP contribution in [0.5, 0.6) is 0 Å². The fraction of sp³-hybridized carbons (Fsp3) is 0.0417. The molecule has 0 radical (unpaired) electrons. The molecule has 2 aromatic heterocycles. The third kappa shape index (κ3) is 7.90. The zero-order chi connectivity index (χ0) is 35.4. The minimum atomic E-state index is 0. The molecular weight excluding hydrogens is 799 g/mol. The van der Waals surface area contributed by atoms with E-state index >= 15 is 0 Å². The van der Waals surface area contributed by atoms with Gasteiger partial charge in [0.2, 0.25) is 0 Å². The van der Waals surface area contributed by atoms with Crippen molar-refractivity contribution in [3.63, 3.8) is 0 Å². The molecule has 0 bridgehead atoms. The molecule has 54 heavy (non-hydrogen) atoms. The van der Waals surface area contributed by atoms with Crippen LogP contribution in [0.25, 0.3) is 88.0 Å². The zero-order valence-electron chi connectivity index (χ0n) is 29.9. The van der Waals surface area contributed by atoms with Gasteiger partial charge in [-0.25, -0.2) is 0 Å². The fourth-order valence-electron chi connectivity index (χ4n) is 7.17. The Labute approximate surface area is 343 Å². The van der Waals surface area contributed by atoms with E-state index in [0.29, 0.717) is 0 Å². The molecule has 0 aliphatic rings. The van der Waals surface area contributed by atoms with Crippen molar-refractivity contribution in [3.05, 3.63) is 182 Å². The molecular formula is C48H36Cl2O2SiZr-2. The van der Waals surface area contributed by atoms with Gasteiger partial charge < -0.3 is 33.6 Å². The fourth-order valence-corrected chi connectivity index (χ4v) is 7.17. The van der Waals surface area contributed by atoms with Gasteiger partial charge in [-0.3, -0.25) is 0 Å². The second-order valence-electron chi connectivity index (χ2n) is 13.0. The molecule has 0 aliphatic heterocycles. The zero-order valence-corrected chi connectivity index (χ0v) is 34.9. The standard InChI is InChI=1S/2C23H15O.C2H6Si.2ClH.Zr/c2*1-3-10-18-16(7-1)9-5-12-20(18)23-19-11-4-2-8-17(19)15-21(23)22-13-6-14-24-22;1-3-2;;;/h2*1-15H;1-2H3;2*1H;/q2*-1;;;;+2/p-2. The summed E-state index contributed by atoms with van der Waals surface area (Å²) in [7, 11) is 0. The van der Waals surface area contributed by atoms with Crippen LogP contribution in [0.3, 0.4) is 0 Å². The monoisotopic (exact) mass is 832 g/mol. The summed E-state index contributed by atoms with van der Waals surface area (Å²) in [5, 5.41) is 10.1. The first-order chi connectivity index (χ1) is 25.6. The van der Waals surface area contributed by atoms with Gasteiger partial charge in [0.05, 0.1) is 24.0 Å². The summed E-state index contributed by atoms with van der Waals surface area (Å²) < 4.78 is 11.4. The van der Waals surface area contributed by atoms with Gasteiger partial charge in [0.15, 0.2) is 0 Å². The van der Waals surface area contributed by atoms with E-state index < -0.39 is 0 Å². The normalized spacial score (nSPS) is 10.6. The average molecular weight is 835 g/mol. The summed E-state index contributed by atoms with van der Waals surface area (Å²) >= 11 is 1.74. The van der Waals surface area contributed by atoms with E-state index in [1.807, 2.05) is 24.3 Å². The van der Waals surface area contributed by atoms with Crippen molar-refractivity contribution >= 4 is 48.5 Å². The molecule has 0 spiro atoms. The summed E-state index contributed by atoms with van der Waals surface area (Å²) in [6.07, 6.45) is 3.47. The van der Waals surface area contributed by atoms with Crippen LogP contribution in [0, 0.1) is 0 Å². The molecule has 6 heteroatoms. The molecule has 8 aromatic carbocycles. The molecule has 0 N–H and O–H groups in total. The van der Waals surface area contributed by atoms with E-state index in [-0.39, 0.29) is 30.2 Å². The Bertz CT molecular complexity index is 2590. The molecule has 0 fully saturated rings. The van der Waals surface area contributed by atoms with Crippen LogP contribution >= 0.6 is 0 Å². The number of rotatable bonds is 4. The van der Waals surface area contributed by atoms with E-state index in [1.165, 1.54) is 65.3 Å². The van der Waals surface area contributed by atoms with Crippen LogP contribution in [0.15, 0.2) is 191 Å². The van der Waals surface area contributed by atoms with Crippen LogP contribution in [-0.4, -0.2) is 5.43 Å². The van der Waals surface area contributed by atoms with Crippen molar-refractivity contribution in [1.29, 1.82) is 0 Å². The molecule has 0 atom stereocenters. The first-order valence-electron chi connectivity index (χ1n) is 17.5. The predicted octanol–water partition coefficient (Wildman–Crippen LogP) is 8.07. The second kappa shape index (κ2) is 17.6. The van der Waals surface area contributed by atoms with Gasteiger partial charge in [0.25, 0.3) is 0 Å². The van der Waals surface area contributed by atoms with Crippen molar-refractivity contribution in [3.8, 4) is 44.9 Å². The summed E-state index contributed by atoms with van der Waals surface area (Å²) in [4.78, 5) is 0. The number of hydrogen-bond donors (Lipinski definition) is 0. The Morgan fingerprint density at radius 2 is 0.778 bits per heavy atom. The molecule has 0 amide bonds. The Hall–Kier alpha value is -4.70. The van der Waals surface area contributed by atoms with Gasteiger partial charge in [0.1, 0.15) is 0 Å². The van der Waals surface area contributed by atoms with E-state index in [1.54, 1.807) is 35.9 Å². The van der Waals surface area contributed by atoms with Crippen LogP contribution < -0.4 is 24.8 Å². The first kappa shape index (κ1) is 39.0. The smallest absolute Gasteiger partial charge is 0.0796 e. The van der Waals surface area contributed by atoms with Crippen molar-refractivity contribution in [2.75, 3.05) is 0 Å². The summed E-state index contributed by atoms with van der Waals surface area (Å²) in [5.41, 5.74) is 7.51. The maximum Gasteiger partial charge on any atom is 0.0796 e. The molecule has 2 nitrogen and oxygen atoms in total. The SMILES string of the molecule is C[Si](C)=[Zr+2].[Cl-].[Cl-].c1coc(-c2[cH-]c3ccccc3c2-c2cccc3ccccc23)c1.c1coc(-c2[cH-]c3ccccc3c2-c2cccc3ccccc23)c1. The Balaban J connectivity index is 0.000000162. The average Bonchev–Trinajstić information content (AvgIpc) is 4.01. The molecule has 10 aromatic rings. The quantitative estimate of drug-likeness (QED) is 0.133. The maximum absolute atomic E-state index is 5.72. The third-order valence-corrected chi connectivity index (χ3v) is 9.29. The van der Waals surface area contributed by atoms with E-state index in [2.05, 4.69) is 159 Å². The number of halogens is 2. The Morgan fingerprint density at radius 1 is 0.426 bits per heavy atom. The van der Waals surface area contributed by atoms with Crippen molar-refractivity contribution in [1.82, 2.24) is 0 Å². The maximum atomic E-state index is 5.72. The molecule has 0 saturated heterocycles. The van der Waals surface area contributed by atoms with E-state index in [0.717, 1.165) is 22.6 Å². The summed E-state index contributed by atoms with van der Waals surface area (Å²) in [5.74, 6) is 1.82. The number of fused-ring (bicyclic) bond motifs is 4. The summed E-state index contributed by atoms with van der Waals surface area (Å²) in [6.45, 7) is 4.62. The van der Waals surface area contributed by atoms with Gasteiger partial charge >= 0.3 is 41.9 Å². The Kier molecular flexibility index (Phi) is 12.7. The van der Waals surface area contributed by atoms with Crippen LogP contribution in [0.2, 0.25) is 13.1 Å². The topological polar surface area (TPSA) is 26.3 Å². The summed E-state index contributed by atoms with van der Waals surface area (Å²) in [6, 6.07) is 59.6. The van der Waals surface area contributed by atoms with E-state index in [9.17, 15) is 0 Å². The molecule has 264 valence electrons. The van der Waals surface area contributed by atoms with Crippen molar-refractivity contribution in [2.24, 2.45) is 0 Å². The number of benzene rings is 6. The van der Waals surface area contributed by atoms with Gasteiger partial charge in [-0.15, -0.1) is 45.8 Å². The van der Waals surface area contributed by atoms with Crippen LogP contribution in [-0.2, 0) is 23.3 Å². The third-order valence-electron chi connectivity index (χ3n) is 9.29. The largest absolute Gasteiger partial charge is 1.00 e. The molecule has 0 saturated carbocycles. The first-order valence-corrected chi connectivity index (χ1v) is 23.7. The number of hydrogen-bond acceptors (Lipinski definition) is 2. The van der Waals surface area contributed by atoms with Crippen molar-refractivity contribution < 1.29 is 57.0 Å². The van der Waals surface area contributed by atoms with Gasteiger partial charge in [-0.1, -0.05) is 167 Å². The van der Waals surface area contributed by atoms with Crippen LogP contribution in [0.1, 0.15) is 0 Å². The second-order valence-corrected chi connectivity index (χ2v) is 22.4. The number of furan rings is 2. The van der Waals surface area contributed by atoms with Crippen LogP contribution in [0.4, 0.5) is 0 Å². The van der Waals surface area contributed by atoms with Crippen molar-refractivity contribution in [2.45, 2.75) is 13.1 Å².